The zero-order valence-electron chi connectivity index (χ0n) is 11.9. The van der Waals surface area contributed by atoms with Gasteiger partial charge in [-0.3, -0.25) is 4.79 Å². The fourth-order valence-electron chi connectivity index (χ4n) is 2.50. The van der Waals surface area contributed by atoms with Crippen molar-refractivity contribution in [2.75, 3.05) is 6.54 Å². The van der Waals surface area contributed by atoms with Crippen LogP contribution in [0.1, 0.15) is 27.4 Å². The number of nitrogens with zero attached hydrogens (tertiary/aromatic N) is 1. The first kappa shape index (κ1) is 15.1. The molecule has 1 heterocycles. The van der Waals surface area contributed by atoms with Gasteiger partial charge in [-0.2, -0.15) is 5.10 Å². The number of hydrazone groups is 1. The topological polar surface area (TPSA) is 41.5 Å². The van der Waals surface area contributed by atoms with E-state index in [1.165, 1.54) is 0 Å². The van der Waals surface area contributed by atoms with Crippen LogP contribution < -0.4 is 5.43 Å². The minimum Gasteiger partial charge on any atom is -0.309 e. The second kappa shape index (κ2) is 6.11. The van der Waals surface area contributed by atoms with Crippen molar-refractivity contribution in [3.8, 4) is 0 Å². The molecule has 5 heteroatoms. The van der Waals surface area contributed by atoms with Crippen LogP contribution in [0.2, 0.25) is 10.0 Å². The zero-order chi connectivity index (χ0) is 15.7. The van der Waals surface area contributed by atoms with Gasteiger partial charge in [-0.1, -0.05) is 59.1 Å². The molecule has 112 valence electrons. The predicted molar refractivity (Wildman–Crippen MR) is 90.2 cm³/mol. The van der Waals surface area contributed by atoms with Crippen LogP contribution in [0, 0.1) is 6.92 Å². The van der Waals surface area contributed by atoms with E-state index in [9.17, 15) is 4.79 Å². The molecule has 0 saturated carbocycles. The molecule has 1 N–H and O–H groups in total. The summed E-state index contributed by atoms with van der Waals surface area (Å²) in [6, 6.07) is 12.8. The lowest BCUT2D eigenvalue weighted by molar-refractivity contribution is 0.106. The number of ketones is 1. The Hall–Kier alpha value is -1.84. The fourth-order valence-corrected chi connectivity index (χ4v) is 3.04. The number of Topliss-reactive ketones (excluding diaryl/α,β-unsaturated/α-hetero) is 1. The van der Waals surface area contributed by atoms with Gasteiger partial charge >= 0.3 is 0 Å². The van der Waals surface area contributed by atoms with Crippen molar-refractivity contribution in [1.29, 1.82) is 0 Å². The summed E-state index contributed by atoms with van der Waals surface area (Å²) >= 11 is 12.2. The first-order valence-electron chi connectivity index (χ1n) is 6.93. The summed E-state index contributed by atoms with van der Waals surface area (Å²) < 4.78 is 0. The zero-order valence-corrected chi connectivity index (χ0v) is 13.4. The Balaban J connectivity index is 1.93. The predicted octanol–water partition coefficient (Wildman–Crippen LogP) is 4.23. The van der Waals surface area contributed by atoms with Crippen LogP contribution in [0.15, 0.2) is 47.6 Å². The van der Waals surface area contributed by atoms with E-state index in [2.05, 4.69) is 10.5 Å². The van der Waals surface area contributed by atoms with E-state index in [4.69, 9.17) is 23.2 Å². The molecular formula is C17H14Cl2N2O. The largest absolute Gasteiger partial charge is 0.309 e. The smallest absolute Gasteiger partial charge is 0.209 e. The number of nitrogens with one attached hydrogen (secondary N) is 1. The fraction of sp³-hybridized carbons (Fsp3) is 0.176. The number of benzene rings is 2. The van der Waals surface area contributed by atoms with Crippen LogP contribution in [0.25, 0.3) is 0 Å². The van der Waals surface area contributed by atoms with E-state index < -0.39 is 0 Å². The molecule has 0 saturated heterocycles. The Bertz CT molecular complexity index is 754. The molecule has 1 aliphatic heterocycles. The maximum atomic E-state index is 12.7. The molecule has 3 nitrogen and oxygen atoms in total. The van der Waals surface area contributed by atoms with Gasteiger partial charge in [0.05, 0.1) is 5.92 Å². The Morgan fingerprint density at radius 3 is 2.59 bits per heavy atom. The minimum absolute atomic E-state index is 0.0824. The lowest BCUT2D eigenvalue weighted by atomic mass is 9.90. The van der Waals surface area contributed by atoms with Gasteiger partial charge in [0.15, 0.2) is 0 Å². The molecule has 0 radical (unpaired) electrons. The molecule has 1 aliphatic rings. The number of carbonyl (C=O) groups is 1. The molecule has 0 spiro atoms. The van der Waals surface area contributed by atoms with Gasteiger partial charge in [0.25, 0.3) is 0 Å². The van der Waals surface area contributed by atoms with E-state index in [0.29, 0.717) is 27.9 Å². The summed E-state index contributed by atoms with van der Waals surface area (Å²) in [5.41, 5.74) is 5.98. The molecule has 0 amide bonds. The molecule has 2 aromatic rings. The molecule has 0 bridgehead atoms. The Morgan fingerprint density at radius 1 is 1.18 bits per heavy atom. The highest BCUT2D eigenvalue weighted by Gasteiger charge is 2.30. The third-order valence-electron chi connectivity index (χ3n) is 3.71. The summed E-state index contributed by atoms with van der Waals surface area (Å²) in [5.74, 6) is -0.250. The van der Waals surface area contributed by atoms with E-state index in [0.717, 1.165) is 11.1 Å². The van der Waals surface area contributed by atoms with Crippen molar-refractivity contribution in [2.24, 2.45) is 5.10 Å². The Morgan fingerprint density at radius 2 is 1.91 bits per heavy atom. The Kier molecular flexibility index (Phi) is 4.19. The van der Waals surface area contributed by atoms with Crippen molar-refractivity contribution < 1.29 is 4.79 Å². The lowest BCUT2D eigenvalue weighted by Gasteiger charge is -2.13. The summed E-state index contributed by atoms with van der Waals surface area (Å²) in [5, 5.41) is 5.30. The quantitative estimate of drug-likeness (QED) is 0.854. The van der Waals surface area contributed by atoms with Gasteiger partial charge in [-0.05, 0) is 24.6 Å². The molecule has 2 aromatic carbocycles. The highest BCUT2D eigenvalue weighted by molar-refractivity contribution is 6.48. The molecule has 0 fully saturated rings. The van der Waals surface area contributed by atoms with E-state index in [1.807, 2.05) is 37.3 Å². The first-order valence-corrected chi connectivity index (χ1v) is 7.68. The maximum absolute atomic E-state index is 12.7. The number of carbonyl (C=O) groups excluding carboxylic acids is 1. The summed E-state index contributed by atoms with van der Waals surface area (Å²) in [4.78, 5) is 12.7. The van der Waals surface area contributed by atoms with Crippen LogP contribution in [-0.2, 0) is 0 Å². The standard InChI is InChI=1S/C17H14Cl2N2O/c1-10-2-4-11(5-3-10)17(22)16-14(9-20-21-16)13-7-6-12(18)8-15(13)19/h2-8,14,20H,9H2,1H3. The van der Waals surface area contributed by atoms with Gasteiger partial charge in [0, 0.05) is 22.2 Å². The van der Waals surface area contributed by atoms with Crippen LogP contribution >= 0.6 is 23.2 Å². The summed E-state index contributed by atoms with van der Waals surface area (Å²) in [6.07, 6.45) is 0. The number of aryl methyl sites for hydroxylation is 1. The van der Waals surface area contributed by atoms with Crippen molar-refractivity contribution in [3.63, 3.8) is 0 Å². The van der Waals surface area contributed by atoms with Gasteiger partial charge in [-0.15, -0.1) is 0 Å². The molecule has 1 atom stereocenters. The van der Waals surface area contributed by atoms with Crippen molar-refractivity contribution in [1.82, 2.24) is 5.43 Å². The normalized spacial score (nSPS) is 17.0. The Labute approximate surface area is 138 Å². The first-order chi connectivity index (χ1) is 10.6. The van der Waals surface area contributed by atoms with Gasteiger partial charge in [0.1, 0.15) is 5.71 Å². The molecule has 0 aromatic heterocycles. The van der Waals surface area contributed by atoms with E-state index >= 15 is 0 Å². The van der Waals surface area contributed by atoms with Crippen molar-refractivity contribution in [2.45, 2.75) is 12.8 Å². The van der Waals surface area contributed by atoms with Crippen LogP contribution in [-0.4, -0.2) is 18.0 Å². The third kappa shape index (κ3) is 2.87. The number of rotatable bonds is 3. The van der Waals surface area contributed by atoms with Gasteiger partial charge < -0.3 is 5.43 Å². The molecule has 22 heavy (non-hydrogen) atoms. The number of halogens is 2. The molecule has 3 rings (SSSR count). The van der Waals surface area contributed by atoms with Crippen LogP contribution in [0.3, 0.4) is 0 Å². The van der Waals surface area contributed by atoms with Crippen LogP contribution in [0.4, 0.5) is 0 Å². The monoisotopic (exact) mass is 332 g/mol. The highest BCUT2D eigenvalue weighted by atomic mass is 35.5. The number of hydrogen-bond acceptors (Lipinski definition) is 3. The van der Waals surface area contributed by atoms with Crippen molar-refractivity contribution in [3.05, 3.63) is 69.2 Å². The molecule has 1 unspecified atom stereocenters. The molecular weight excluding hydrogens is 319 g/mol. The average molecular weight is 333 g/mol. The van der Waals surface area contributed by atoms with Crippen LogP contribution in [0.5, 0.6) is 0 Å². The van der Waals surface area contributed by atoms with E-state index in [-0.39, 0.29) is 11.7 Å². The highest BCUT2D eigenvalue weighted by Crippen LogP contribution is 2.30. The second-order valence-electron chi connectivity index (χ2n) is 5.27. The average Bonchev–Trinajstić information content (AvgIpc) is 2.96. The van der Waals surface area contributed by atoms with Gasteiger partial charge in [0.2, 0.25) is 5.78 Å². The summed E-state index contributed by atoms with van der Waals surface area (Å²) in [6.45, 7) is 2.54. The third-order valence-corrected chi connectivity index (χ3v) is 4.27. The SMILES string of the molecule is Cc1ccc(C(=O)C2=NNCC2c2ccc(Cl)cc2Cl)cc1. The number of hydrogen-bond donors (Lipinski definition) is 1. The van der Waals surface area contributed by atoms with Crippen molar-refractivity contribution >= 4 is 34.7 Å². The maximum Gasteiger partial charge on any atom is 0.209 e. The van der Waals surface area contributed by atoms with E-state index in [1.54, 1.807) is 12.1 Å². The van der Waals surface area contributed by atoms with Gasteiger partial charge in [-0.25, -0.2) is 0 Å². The lowest BCUT2D eigenvalue weighted by Crippen LogP contribution is -2.22. The summed E-state index contributed by atoms with van der Waals surface area (Å²) in [7, 11) is 0. The minimum atomic E-state index is -0.168. The second-order valence-corrected chi connectivity index (χ2v) is 6.12. The molecule has 0 aliphatic carbocycles.